The minimum absolute atomic E-state index is 0.220. The third-order valence-electron chi connectivity index (χ3n) is 4.89. The Kier molecular flexibility index (Phi) is 5.24. The molecule has 2 fully saturated rings. The molecule has 23 heavy (non-hydrogen) atoms. The molecule has 3 rings (SSSR count). The molecule has 0 aliphatic carbocycles. The van der Waals surface area contributed by atoms with E-state index in [1.54, 1.807) is 0 Å². The maximum absolute atomic E-state index is 12.1. The molecule has 0 bridgehead atoms. The van der Waals surface area contributed by atoms with Gasteiger partial charge in [-0.05, 0) is 31.5 Å². The molecule has 0 radical (unpaired) electrons. The van der Waals surface area contributed by atoms with Crippen molar-refractivity contribution in [3.63, 3.8) is 0 Å². The standard InChI is InChI=1S/C17H26N2O3S/c1-15-6-7-18(10-13-23(15,20)21)14-16-4-2-3-5-17(16)19-8-11-22-12-9-19/h2-5,15H,6-14H2,1H3. The highest BCUT2D eigenvalue weighted by molar-refractivity contribution is 7.92. The summed E-state index contributed by atoms with van der Waals surface area (Å²) in [6, 6.07) is 8.46. The molecule has 0 spiro atoms. The van der Waals surface area contributed by atoms with Crippen LogP contribution in [0.2, 0.25) is 0 Å². The van der Waals surface area contributed by atoms with E-state index in [1.165, 1.54) is 11.3 Å². The van der Waals surface area contributed by atoms with Gasteiger partial charge in [-0.1, -0.05) is 18.2 Å². The molecule has 2 aliphatic heterocycles. The Morgan fingerprint density at radius 3 is 2.65 bits per heavy atom. The minimum atomic E-state index is -2.92. The molecule has 1 aromatic carbocycles. The van der Waals surface area contributed by atoms with Crippen molar-refractivity contribution in [2.24, 2.45) is 0 Å². The Morgan fingerprint density at radius 1 is 1.13 bits per heavy atom. The van der Waals surface area contributed by atoms with Crippen LogP contribution in [0, 0.1) is 0 Å². The number of morpholine rings is 1. The second kappa shape index (κ2) is 7.20. The fourth-order valence-electron chi connectivity index (χ4n) is 3.27. The molecule has 0 N–H and O–H groups in total. The van der Waals surface area contributed by atoms with Gasteiger partial charge < -0.3 is 9.64 Å². The van der Waals surface area contributed by atoms with E-state index in [-0.39, 0.29) is 11.0 Å². The Morgan fingerprint density at radius 2 is 1.87 bits per heavy atom. The first-order valence-electron chi connectivity index (χ1n) is 8.41. The van der Waals surface area contributed by atoms with Crippen LogP contribution in [0.3, 0.4) is 0 Å². The maximum atomic E-state index is 12.1. The van der Waals surface area contributed by atoms with E-state index < -0.39 is 9.84 Å². The summed E-state index contributed by atoms with van der Waals surface area (Å²) in [5.74, 6) is 0.272. The van der Waals surface area contributed by atoms with E-state index >= 15 is 0 Å². The third-order valence-corrected chi connectivity index (χ3v) is 7.11. The van der Waals surface area contributed by atoms with Gasteiger partial charge in [-0.3, -0.25) is 4.90 Å². The first-order valence-corrected chi connectivity index (χ1v) is 10.1. The molecule has 6 heteroatoms. The summed E-state index contributed by atoms with van der Waals surface area (Å²) in [5, 5.41) is -0.220. The molecule has 0 amide bonds. The zero-order valence-electron chi connectivity index (χ0n) is 13.8. The maximum Gasteiger partial charge on any atom is 0.154 e. The van der Waals surface area contributed by atoms with Gasteiger partial charge in [0, 0.05) is 31.9 Å². The third kappa shape index (κ3) is 4.05. The average Bonchev–Trinajstić information content (AvgIpc) is 2.69. The summed E-state index contributed by atoms with van der Waals surface area (Å²) in [7, 11) is -2.92. The van der Waals surface area contributed by atoms with Gasteiger partial charge >= 0.3 is 0 Å². The second-order valence-electron chi connectivity index (χ2n) is 6.47. The van der Waals surface area contributed by atoms with Crippen molar-refractivity contribution in [2.45, 2.75) is 25.1 Å². The molecule has 1 atom stereocenters. The Balaban J connectivity index is 1.73. The fraction of sp³-hybridized carbons (Fsp3) is 0.647. The summed E-state index contributed by atoms with van der Waals surface area (Å²) < 4.78 is 29.6. The number of sulfone groups is 1. The molecule has 2 saturated heterocycles. The van der Waals surface area contributed by atoms with Gasteiger partial charge in [-0.15, -0.1) is 0 Å². The van der Waals surface area contributed by atoms with Crippen molar-refractivity contribution >= 4 is 15.5 Å². The van der Waals surface area contributed by atoms with Crippen LogP contribution < -0.4 is 4.90 Å². The van der Waals surface area contributed by atoms with Crippen LogP contribution >= 0.6 is 0 Å². The zero-order chi connectivity index (χ0) is 16.3. The highest BCUT2D eigenvalue weighted by Gasteiger charge is 2.26. The lowest BCUT2D eigenvalue weighted by atomic mass is 10.1. The van der Waals surface area contributed by atoms with E-state index in [1.807, 2.05) is 6.92 Å². The van der Waals surface area contributed by atoms with Crippen molar-refractivity contribution in [1.29, 1.82) is 0 Å². The summed E-state index contributed by atoms with van der Waals surface area (Å²) in [4.78, 5) is 4.65. The van der Waals surface area contributed by atoms with Gasteiger partial charge in [0.1, 0.15) is 0 Å². The summed E-state index contributed by atoms with van der Waals surface area (Å²) >= 11 is 0. The van der Waals surface area contributed by atoms with E-state index in [2.05, 4.69) is 34.1 Å². The number of hydrogen-bond donors (Lipinski definition) is 0. The predicted molar refractivity (Wildman–Crippen MR) is 92.6 cm³/mol. The van der Waals surface area contributed by atoms with Crippen LogP contribution in [0.1, 0.15) is 18.9 Å². The van der Waals surface area contributed by atoms with Gasteiger partial charge in [0.15, 0.2) is 9.84 Å². The lowest BCUT2D eigenvalue weighted by Gasteiger charge is -2.31. The van der Waals surface area contributed by atoms with Crippen LogP contribution in [0.5, 0.6) is 0 Å². The number of para-hydroxylation sites is 1. The minimum Gasteiger partial charge on any atom is -0.378 e. The number of rotatable bonds is 3. The van der Waals surface area contributed by atoms with Crippen LogP contribution in [0.25, 0.3) is 0 Å². The van der Waals surface area contributed by atoms with Gasteiger partial charge in [0.05, 0.1) is 24.2 Å². The highest BCUT2D eigenvalue weighted by Crippen LogP contribution is 2.24. The number of nitrogens with zero attached hydrogens (tertiary/aromatic N) is 2. The van der Waals surface area contributed by atoms with E-state index in [0.717, 1.165) is 45.8 Å². The second-order valence-corrected chi connectivity index (χ2v) is 9.01. The SMILES string of the molecule is CC1CCN(Cc2ccccc2N2CCOCC2)CCS1(=O)=O. The number of anilines is 1. The Hall–Kier alpha value is -1.11. The smallest absolute Gasteiger partial charge is 0.154 e. The number of ether oxygens (including phenoxy) is 1. The van der Waals surface area contributed by atoms with Crippen LogP contribution in [0.15, 0.2) is 24.3 Å². The van der Waals surface area contributed by atoms with Crippen molar-refractivity contribution in [3.8, 4) is 0 Å². The van der Waals surface area contributed by atoms with Gasteiger partial charge in [0.2, 0.25) is 0 Å². The van der Waals surface area contributed by atoms with E-state index in [0.29, 0.717) is 6.54 Å². The first-order chi connectivity index (χ1) is 11.1. The van der Waals surface area contributed by atoms with E-state index in [9.17, 15) is 8.42 Å². The summed E-state index contributed by atoms with van der Waals surface area (Å²) in [6.45, 7) is 7.50. The first kappa shape index (κ1) is 16.7. The topological polar surface area (TPSA) is 49.9 Å². The largest absolute Gasteiger partial charge is 0.378 e. The van der Waals surface area contributed by atoms with Crippen molar-refractivity contribution in [2.75, 3.05) is 50.0 Å². The van der Waals surface area contributed by atoms with Crippen LogP contribution in [-0.2, 0) is 21.1 Å². The zero-order valence-corrected chi connectivity index (χ0v) is 14.6. The van der Waals surface area contributed by atoms with Crippen LogP contribution in [0.4, 0.5) is 5.69 Å². The molecule has 5 nitrogen and oxygen atoms in total. The highest BCUT2D eigenvalue weighted by atomic mass is 32.2. The lowest BCUT2D eigenvalue weighted by molar-refractivity contribution is 0.122. The van der Waals surface area contributed by atoms with Crippen molar-refractivity contribution in [1.82, 2.24) is 4.90 Å². The molecule has 1 unspecified atom stereocenters. The van der Waals surface area contributed by atoms with Crippen molar-refractivity contribution in [3.05, 3.63) is 29.8 Å². The van der Waals surface area contributed by atoms with Gasteiger partial charge in [0.25, 0.3) is 0 Å². The number of benzene rings is 1. The van der Waals surface area contributed by atoms with Gasteiger partial charge in [-0.2, -0.15) is 0 Å². The summed E-state index contributed by atoms with van der Waals surface area (Å²) in [5.41, 5.74) is 2.54. The van der Waals surface area contributed by atoms with Crippen LogP contribution in [-0.4, -0.2) is 63.7 Å². The quantitative estimate of drug-likeness (QED) is 0.837. The molecule has 2 heterocycles. The number of hydrogen-bond acceptors (Lipinski definition) is 5. The molecule has 128 valence electrons. The van der Waals surface area contributed by atoms with Gasteiger partial charge in [-0.25, -0.2) is 8.42 Å². The Bertz CT molecular complexity index is 626. The molecule has 2 aliphatic rings. The molecular weight excluding hydrogens is 312 g/mol. The molecular formula is C17H26N2O3S. The van der Waals surface area contributed by atoms with Crippen molar-refractivity contribution < 1.29 is 13.2 Å². The molecule has 1 aromatic rings. The fourth-order valence-corrected chi connectivity index (χ4v) is 4.65. The normalized spacial score (nSPS) is 26.0. The Labute approximate surface area is 139 Å². The predicted octanol–water partition coefficient (Wildman–Crippen LogP) is 1.53. The monoisotopic (exact) mass is 338 g/mol. The molecule has 0 saturated carbocycles. The molecule has 0 aromatic heterocycles. The average molecular weight is 338 g/mol. The summed E-state index contributed by atoms with van der Waals surface area (Å²) in [6.07, 6.45) is 0.724. The lowest BCUT2D eigenvalue weighted by Crippen LogP contribution is -2.37. The van der Waals surface area contributed by atoms with E-state index in [4.69, 9.17) is 4.74 Å².